The zero-order valence-corrected chi connectivity index (χ0v) is 19.0. The van der Waals surface area contributed by atoms with E-state index in [1.807, 2.05) is 71.7 Å². The minimum atomic E-state index is -1.00. The summed E-state index contributed by atoms with van der Waals surface area (Å²) in [6.45, 7) is 0.638. The second kappa shape index (κ2) is 9.55. The van der Waals surface area contributed by atoms with Crippen molar-refractivity contribution in [1.82, 2.24) is 14.9 Å². The molecule has 34 heavy (non-hydrogen) atoms. The normalized spacial score (nSPS) is 18.4. The van der Waals surface area contributed by atoms with Crippen molar-refractivity contribution in [3.8, 4) is 0 Å². The molecule has 0 aromatic heterocycles. The number of aliphatic hydroxyl groups excluding tert-OH is 1. The van der Waals surface area contributed by atoms with Crippen molar-refractivity contribution in [3.05, 3.63) is 131 Å². The van der Waals surface area contributed by atoms with Gasteiger partial charge in [-0.3, -0.25) is 9.80 Å². The van der Waals surface area contributed by atoms with Gasteiger partial charge in [-0.15, -0.1) is 0 Å². The highest BCUT2D eigenvalue weighted by Gasteiger charge is 2.42. The molecule has 0 radical (unpaired) electrons. The number of nitrogens with zero attached hydrogens (tertiary/aromatic N) is 3. The Hall–Kier alpha value is -3.87. The molecular weight excluding hydrogens is 426 g/mol. The molecular formula is C28H27N3O3. The van der Waals surface area contributed by atoms with E-state index >= 15 is 0 Å². The zero-order chi connectivity index (χ0) is 23.5. The predicted molar refractivity (Wildman–Crippen MR) is 129 cm³/mol. The molecule has 1 amide bonds. The average molecular weight is 454 g/mol. The minimum Gasteiger partial charge on any atom is -0.488 e. The van der Waals surface area contributed by atoms with Gasteiger partial charge in [-0.2, -0.15) is 5.01 Å². The Morgan fingerprint density at radius 3 is 2.06 bits per heavy atom. The van der Waals surface area contributed by atoms with Gasteiger partial charge in [0.1, 0.15) is 12.7 Å². The summed E-state index contributed by atoms with van der Waals surface area (Å²) < 4.78 is 6.07. The summed E-state index contributed by atoms with van der Waals surface area (Å²) in [5.74, 6) is 0.0651. The lowest BCUT2D eigenvalue weighted by atomic mass is 9.97. The second-order valence-corrected chi connectivity index (χ2v) is 8.43. The first kappa shape index (κ1) is 21.9. The van der Waals surface area contributed by atoms with Gasteiger partial charge < -0.3 is 14.7 Å². The Bertz CT molecular complexity index is 1160. The van der Waals surface area contributed by atoms with E-state index in [2.05, 4.69) is 29.3 Å². The predicted octanol–water partition coefficient (Wildman–Crippen LogP) is 4.04. The fourth-order valence-electron chi connectivity index (χ4n) is 4.43. The third-order valence-corrected chi connectivity index (χ3v) is 6.09. The number of carbonyl (C=O) groups excluding carboxylic acids is 1. The Morgan fingerprint density at radius 1 is 0.912 bits per heavy atom. The van der Waals surface area contributed by atoms with E-state index in [1.54, 1.807) is 24.2 Å². The molecule has 6 nitrogen and oxygen atoms in total. The van der Waals surface area contributed by atoms with Gasteiger partial charge in [-0.1, -0.05) is 91.0 Å². The molecule has 6 heteroatoms. The molecule has 1 N–H and O–H groups in total. The molecule has 0 saturated carbocycles. The van der Waals surface area contributed by atoms with Crippen molar-refractivity contribution in [2.24, 2.45) is 0 Å². The van der Waals surface area contributed by atoms with E-state index in [9.17, 15) is 9.90 Å². The highest BCUT2D eigenvalue weighted by molar-refractivity contribution is 5.94. The molecule has 0 bridgehead atoms. The maximum absolute atomic E-state index is 13.3. The van der Waals surface area contributed by atoms with E-state index in [4.69, 9.17) is 4.74 Å². The fraction of sp³-hybridized carbons (Fsp3) is 0.179. The van der Waals surface area contributed by atoms with Crippen molar-refractivity contribution in [2.45, 2.75) is 18.8 Å². The van der Waals surface area contributed by atoms with E-state index in [-0.39, 0.29) is 24.3 Å². The van der Waals surface area contributed by atoms with Gasteiger partial charge in [0.25, 0.3) is 5.91 Å². The summed E-state index contributed by atoms with van der Waals surface area (Å²) in [6.07, 6.45) is 2.42. The third kappa shape index (κ3) is 4.21. The summed E-state index contributed by atoms with van der Waals surface area (Å²) in [7, 11) is 1.77. The van der Waals surface area contributed by atoms with Crippen molar-refractivity contribution < 1.29 is 14.6 Å². The van der Waals surface area contributed by atoms with Crippen molar-refractivity contribution >= 4 is 5.91 Å². The van der Waals surface area contributed by atoms with Crippen molar-refractivity contribution in [3.63, 3.8) is 0 Å². The zero-order valence-electron chi connectivity index (χ0n) is 19.0. The molecule has 2 heterocycles. The molecule has 172 valence electrons. The van der Waals surface area contributed by atoms with Crippen LogP contribution in [-0.4, -0.2) is 45.8 Å². The van der Waals surface area contributed by atoms with E-state index in [0.29, 0.717) is 12.4 Å². The lowest BCUT2D eigenvalue weighted by Gasteiger charge is -2.48. The van der Waals surface area contributed by atoms with Gasteiger partial charge in [-0.25, -0.2) is 0 Å². The van der Waals surface area contributed by atoms with Crippen LogP contribution in [0.15, 0.2) is 115 Å². The van der Waals surface area contributed by atoms with Crippen molar-refractivity contribution in [1.29, 1.82) is 0 Å². The van der Waals surface area contributed by atoms with Crippen molar-refractivity contribution in [2.75, 3.05) is 13.7 Å². The fourth-order valence-corrected chi connectivity index (χ4v) is 4.43. The van der Waals surface area contributed by atoms with Crippen LogP contribution in [0.5, 0.6) is 0 Å². The number of likely N-dealkylation sites (N-methyl/N-ethyl adjacent to an activating group) is 1. The lowest BCUT2D eigenvalue weighted by molar-refractivity contribution is -0.147. The second-order valence-electron chi connectivity index (χ2n) is 8.43. The highest BCUT2D eigenvalue weighted by atomic mass is 16.5. The van der Waals surface area contributed by atoms with Crippen LogP contribution in [0, 0.1) is 0 Å². The van der Waals surface area contributed by atoms with Gasteiger partial charge in [-0.05, 0) is 22.8 Å². The van der Waals surface area contributed by atoms with Crippen LogP contribution in [0.2, 0.25) is 0 Å². The molecule has 0 spiro atoms. The van der Waals surface area contributed by atoms with E-state index in [0.717, 1.165) is 16.7 Å². The molecule has 1 unspecified atom stereocenters. The first-order valence-corrected chi connectivity index (χ1v) is 11.3. The van der Waals surface area contributed by atoms with Crippen LogP contribution in [0.1, 0.15) is 22.7 Å². The van der Waals surface area contributed by atoms with Crippen LogP contribution in [0.4, 0.5) is 0 Å². The largest absolute Gasteiger partial charge is 0.488 e. The first-order valence-electron chi connectivity index (χ1n) is 11.3. The lowest BCUT2D eigenvalue weighted by Crippen LogP contribution is -2.57. The SMILES string of the molecule is CN1CN(C(c2ccccc2)c2ccccc2)N2C=CC(O)C(OCc3ccccc3)=C2C1=O. The maximum atomic E-state index is 13.3. The monoisotopic (exact) mass is 453 g/mol. The van der Waals surface area contributed by atoms with Gasteiger partial charge in [0.15, 0.2) is 11.5 Å². The Kier molecular flexibility index (Phi) is 6.16. The molecule has 1 atom stereocenters. The number of hydrogen-bond acceptors (Lipinski definition) is 5. The quantitative estimate of drug-likeness (QED) is 0.611. The van der Waals surface area contributed by atoms with Gasteiger partial charge in [0.2, 0.25) is 0 Å². The Balaban J connectivity index is 1.57. The minimum absolute atomic E-state index is 0.150. The number of rotatable bonds is 6. The summed E-state index contributed by atoms with van der Waals surface area (Å²) in [5, 5.41) is 14.7. The molecule has 1 fully saturated rings. The van der Waals surface area contributed by atoms with Gasteiger partial charge in [0, 0.05) is 13.2 Å². The van der Waals surface area contributed by atoms with Crippen LogP contribution in [0.25, 0.3) is 0 Å². The maximum Gasteiger partial charge on any atom is 0.276 e. The molecule has 2 aliphatic rings. The molecule has 5 rings (SSSR count). The van der Waals surface area contributed by atoms with Gasteiger partial charge in [0.05, 0.1) is 12.7 Å². The highest BCUT2D eigenvalue weighted by Crippen LogP contribution is 2.37. The third-order valence-electron chi connectivity index (χ3n) is 6.09. The van der Waals surface area contributed by atoms with Crippen LogP contribution < -0.4 is 0 Å². The average Bonchev–Trinajstić information content (AvgIpc) is 2.88. The number of aliphatic hydroxyl groups is 1. The molecule has 3 aromatic carbocycles. The molecule has 0 aliphatic carbocycles. The summed E-state index contributed by atoms with van der Waals surface area (Å²) >= 11 is 0. The Morgan fingerprint density at radius 2 is 1.47 bits per heavy atom. The number of ether oxygens (including phenoxy) is 1. The number of benzene rings is 3. The first-order chi connectivity index (χ1) is 16.6. The summed E-state index contributed by atoms with van der Waals surface area (Å²) in [5.41, 5.74) is 3.49. The van der Waals surface area contributed by atoms with Crippen LogP contribution >= 0.6 is 0 Å². The number of carbonyl (C=O) groups is 1. The number of hydrazine groups is 1. The van der Waals surface area contributed by atoms with Crippen LogP contribution in [-0.2, 0) is 16.1 Å². The number of hydrogen-bond donors (Lipinski definition) is 1. The topological polar surface area (TPSA) is 56.3 Å². The number of fused-ring (bicyclic) bond motifs is 1. The summed E-state index contributed by atoms with van der Waals surface area (Å²) in [4.78, 5) is 15.0. The van der Waals surface area contributed by atoms with E-state index in [1.165, 1.54) is 0 Å². The molecule has 2 aliphatic heterocycles. The summed E-state index contributed by atoms with van der Waals surface area (Å²) in [6, 6.07) is 30.0. The van der Waals surface area contributed by atoms with Gasteiger partial charge >= 0.3 is 0 Å². The van der Waals surface area contributed by atoms with Crippen LogP contribution in [0.3, 0.4) is 0 Å². The van der Waals surface area contributed by atoms with E-state index < -0.39 is 6.10 Å². The smallest absolute Gasteiger partial charge is 0.276 e. The molecule has 3 aromatic rings. The number of amides is 1. The standard InChI is InChI=1S/C28H27N3O3/c1-29-20-31(25(22-13-7-3-8-14-22)23-15-9-4-10-16-23)30-18-17-24(32)27(26(30)28(29)33)34-19-21-11-5-2-6-12-21/h2-18,24-25,32H,19-20H2,1H3. The Labute approximate surface area is 199 Å². The molecule has 1 saturated heterocycles.